The van der Waals surface area contributed by atoms with Crippen molar-refractivity contribution in [2.24, 2.45) is 5.92 Å². The summed E-state index contributed by atoms with van der Waals surface area (Å²) in [6.07, 6.45) is 0.714. The molecule has 1 aliphatic carbocycles. The van der Waals surface area contributed by atoms with E-state index >= 15 is 0 Å². The maximum Gasteiger partial charge on any atom is 0.374 e. The Bertz CT molecular complexity index is 1070. The molecule has 1 aliphatic heterocycles. The van der Waals surface area contributed by atoms with E-state index in [4.69, 9.17) is 9.15 Å². The number of benzene rings is 1. The van der Waals surface area contributed by atoms with Crippen molar-refractivity contribution in [2.75, 3.05) is 32.8 Å². The molecule has 2 unspecified atom stereocenters. The van der Waals surface area contributed by atoms with Crippen LogP contribution >= 0.6 is 0 Å². The molecule has 2 aliphatic rings. The Morgan fingerprint density at radius 2 is 1.77 bits per heavy atom. The summed E-state index contributed by atoms with van der Waals surface area (Å²) in [6.45, 7) is 2.62. The third kappa shape index (κ3) is 4.35. The number of hydrogen-bond acceptors (Lipinski definition) is 6. The lowest BCUT2D eigenvalue weighted by atomic mass is 10.1. The Hall–Kier alpha value is -2.72. The zero-order valence-electron chi connectivity index (χ0n) is 17.0. The molecule has 1 saturated heterocycles. The molecule has 2 heterocycles. The molecule has 8 nitrogen and oxygen atoms in total. The van der Waals surface area contributed by atoms with Gasteiger partial charge in [-0.25, -0.2) is 17.6 Å². The number of amides is 1. The van der Waals surface area contributed by atoms with E-state index in [0.29, 0.717) is 6.42 Å². The van der Waals surface area contributed by atoms with Gasteiger partial charge in [-0.15, -0.1) is 0 Å². The number of hydrogen-bond donors (Lipinski definition) is 0. The van der Waals surface area contributed by atoms with Crippen molar-refractivity contribution in [1.82, 2.24) is 9.21 Å². The van der Waals surface area contributed by atoms with Gasteiger partial charge in [-0.05, 0) is 49.1 Å². The van der Waals surface area contributed by atoms with Gasteiger partial charge in [0.1, 0.15) is 5.82 Å². The lowest BCUT2D eigenvalue weighted by Crippen LogP contribution is -2.50. The maximum atomic E-state index is 13.1. The minimum absolute atomic E-state index is 0.00558. The van der Waals surface area contributed by atoms with Gasteiger partial charge in [0.15, 0.2) is 0 Å². The SMILES string of the molecule is CCOC(=O)c1ccc(S(=O)(=O)N2CCN(C(=O)C3CC3c3ccc(F)cc3)CC2)o1. The van der Waals surface area contributed by atoms with Gasteiger partial charge in [0.05, 0.1) is 6.61 Å². The highest BCUT2D eigenvalue weighted by Gasteiger charge is 2.46. The summed E-state index contributed by atoms with van der Waals surface area (Å²) >= 11 is 0. The molecule has 2 fully saturated rings. The van der Waals surface area contributed by atoms with Gasteiger partial charge in [0.2, 0.25) is 16.8 Å². The summed E-state index contributed by atoms with van der Waals surface area (Å²) < 4.78 is 50.0. The second-order valence-corrected chi connectivity index (χ2v) is 9.44. The Balaban J connectivity index is 1.34. The molecular weight excluding hydrogens is 427 g/mol. The van der Waals surface area contributed by atoms with Crippen LogP contribution in [0.15, 0.2) is 45.9 Å². The van der Waals surface area contributed by atoms with Crippen LogP contribution in [0.25, 0.3) is 0 Å². The number of furan rings is 1. The molecule has 10 heteroatoms. The first kappa shape index (κ1) is 21.5. The van der Waals surface area contributed by atoms with Crippen molar-refractivity contribution >= 4 is 21.9 Å². The number of carbonyl (C=O) groups excluding carboxylic acids is 2. The van der Waals surface area contributed by atoms with Gasteiger partial charge in [-0.3, -0.25) is 4.79 Å². The van der Waals surface area contributed by atoms with Crippen LogP contribution in [0.5, 0.6) is 0 Å². The van der Waals surface area contributed by atoms with Crippen LogP contribution in [0.3, 0.4) is 0 Å². The Morgan fingerprint density at radius 1 is 1.10 bits per heavy atom. The van der Waals surface area contributed by atoms with Crippen LogP contribution in [0.1, 0.15) is 35.4 Å². The van der Waals surface area contributed by atoms with E-state index in [0.717, 1.165) is 5.56 Å². The Morgan fingerprint density at radius 3 is 2.42 bits per heavy atom. The molecule has 0 spiro atoms. The Labute approximate surface area is 179 Å². The number of piperazine rings is 1. The van der Waals surface area contributed by atoms with E-state index in [1.165, 1.54) is 28.6 Å². The fraction of sp³-hybridized carbons (Fsp3) is 0.429. The van der Waals surface area contributed by atoms with E-state index in [1.807, 2.05) is 0 Å². The second kappa shape index (κ2) is 8.43. The number of ether oxygens (including phenoxy) is 1. The Kier molecular flexibility index (Phi) is 5.85. The third-order valence-corrected chi connectivity index (χ3v) is 7.38. The molecule has 2 aromatic rings. The minimum atomic E-state index is -3.92. The monoisotopic (exact) mass is 450 g/mol. The molecule has 0 bridgehead atoms. The van der Waals surface area contributed by atoms with Crippen molar-refractivity contribution < 1.29 is 31.6 Å². The fourth-order valence-electron chi connectivity index (χ4n) is 3.83. The predicted molar refractivity (Wildman–Crippen MR) is 107 cm³/mol. The quantitative estimate of drug-likeness (QED) is 0.626. The highest BCUT2D eigenvalue weighted by molar-refractivity contribution is 7.89. The first-order valence-corrected chi connectivity index (χ1v) is 11.6. The van der Waals surface area contributed by atoms with E-state index in [-0.39, 0.29) is 67.2 Å². The number of esters is 1. The summed E-state index contributed by atoms with van der Waals surface area (Å²) in [5.41, 5.74) is 0.941. The second-order valence-electron chi connectivity index (χ2n) is 7.57. The largest absolute Gasteiger partial charge is 0.460 e. The smallest absolute Gasteiger partial charge is 0.374 e. The fourth-order valence-corrected chi connectivity index (χ4v) is 5.16. The molecule has 1 aromatic heterocycles. The normalized spacial score (nSPS) is 21.7. The molecular formula is C21H23FN2O6S. The first-order chi connectivity index (χ1) is 14.8. The molecule has 0 radical (unpaired) electrons. The average Bonchev–Trinajstić information content (AvgIpc) is 3.39. The van der Waals surface area contributed by atoms with Crippen molar-refractivity contribution in [3.05, 3.63) is 53.5 Å². The van der Waals surface area contributed by atoms with E-state index in [1.54, 1.807) is 24.0 Å². The summed E-state index contributed by atoms with van der Waals surface area (Å²) in [5, 5.41) is -0.325. The molecule has 1 aromatic carbocycles. The number of rotatable bonds is 6. The van der Waals surface area contributed by atoms with Crippen LogP contribution in [-0.2, 0) is 19.6 Å². The van der Waals surface area contributed by atoms with Crippen LogP contribution < -0.4 is 0 Å². The molecule has 2 atom stereocenters. The molecule has 31 heavy (non-hydrogen) atoms. The number of carbonyl (C=O) groups is 2. The maximum absolute atomic E-state index is 13.1. The number of sulfonamides is 1. The summed E-state index contributed by atoms with van der Waals surface area (Å²) in [5.74, 6) is -1.27. The molecule has 4 rings (SSSR count). The molecule has 0 N–H and O–H groups in total. The molecule has 1 saturated carbocycles. The lowest BCUT2D eigenvalue weighted by molar-refractivity contribution is -0.133. The van der Waals surface area contributed by atoms with Crippen molar-refractivity contribution in [1.29, 1.82) is 0 Å². The van der Waals surface area contributed by atoms with Gasteiger partial charge in [0, 0.05) is 32.1 Å². The van der Waals surface area contributed by atoms with Gasteiger partial charge in [-0.2, -0.15) is 4.31 Å². The van der Waals surface area contributed by atoms with Crippen LogP contribution in [0.2, 0.25) is 0 Å². The van der Waals surface area contributed by atoms with E-state index in [2.05, 4.69) is 0 Å². The van der Waals surface area contributed by atoms with E-state index in [9.17, 15) is 22.4 Å². The predicted octanol–water partition coefficient (Wildman–Crippen LogP) is 2.23. The zero-order valence-corrected chi connectivity index (χ0v) is 17.8. The van der Waals surface area contributed by atoms with Crippen molar-refractivity contribution in [2.45, 2.75) is 24.4 Å². The summed E-state index contributed by atoms with van der Waals surface area (Å²) in [6, 6.07) is 8.68. The standard InChI is InChI=1S/C21H23FN2O6S/c1-2-29-21(26)18-7-8-19(30-18)31(27,28)24-11-9-23(10-12-24)20(25)17-13-16(17)14-3-5-15(22)6-4-14/h3-8,16-17H,2,9-13H2,1H3. The van der Waals surface area contributed by atoms with Crippen molar-refractivity contribution in [3.63, 3.8) is 0 Å². The zero-order chi connectivity index (χ0) is 22.2. The van der Waals surface area contributed by atoms with Crippen LogP contribution in [-0.4, -0.2) is 62.3 Å². The highest BCUT2D eigenvalue weighted by Crippen LogP contribution is 2.48. The number of halogens is 1. The van der Waals surface area contributed by atoms with Crippen LogP contribution in [0.4, 0.5) is 4.39 Å². The van der Waals surface area contributed by atoms with Gasteiger partial charge >= 0.3 is 5.97 Å². The lowest BCUT2D eigenvalue weighted by Gasteiger charge is -2.33. The van der Waals surface area contributed by atoms with Gasteiger partial charge in [0.25, 0.3) is 10.0 Å². The summed E-state index contributed by atoms with van der Waals surface area (Å²) in [4.78, 5) is 26.2. The number of nitrogens with zero attached hydrogens (tertiary/aromatic N) is 2. The molecule has 1 amide bonds. The average molecular weight is 450 g/mol. The first-order valence-electron chi connectivity index (χ1n) is 10.1. The van der Waals surface area contributed by atoms with Gasteiger partial charge in [-0.1, -0.05) is 12.1 Å². The highest BCUT2D eigenvalue weighted by atomic mass is 32.2. The minimum Gasteiger partial charge on any atom is -0.460 e. The van der Waals surface area contributed by atoms with Gasteiger partial charge < -0.3 is 14.1 Å². The van der Waals surface area contributed by atoms with E-state index < -0.39 is 16.0 Å². The summed E-state index contributed by atoms with van der Waals surface area (Å²) in [7, 11) is -3.92. The van der Waals surface area contributed by atoms with Crippen LogP contribution in [0, 0.1) is 11.7 Å². The third-order valence-electron chi connectivity index (χ3n) is 5.61. The topological polar surface area (TPSA) is 97.1 Å². The molecule has 166 valence electrons. The van der Waals surface area contributed by atoms with Crippen molar-refractivity contribution in [3.8, 4) is 0 Å².